The number of nitrogens with zero attached hydrogens (tertiary/aromatic N) is 2. The van der Waals surface area contributed by atoms with Crippen LogP contribution in [0.2, 0.25) is 0 Å². The van der Waals surface area contributed by atoms with Gasteiger partial charge in [0.1, 0.15) is 17.3 Å². The van der Waals surface area contributed by atoms with Gasteiger partial charge in [-0.1, -0.05) is 6.08 Å². The predicted molar refractivity (Wildman–Crippen MR) is 124 cm³/mol. The summed E-state index contributed by atoms with van der Waals surface area (Å²) in [5.74, 6) is 2.03. The van der Waals surface area contributed by atoms with Gasteiger partial charge in [0.05, 0.1) is 36.8 Å². The molecule has 1 aliphatic heterocycles. The molecular formula is C24H20N2O4S. The minimum Gasteiger partial charge on any atom is -0.497 e. The molecule has 3 aromatic rings. The standard InChI is InChI=1S/C24H20N2O4S/c1-28-19-12-8-17(9-13-19)25-24-26(18-10-14-20(29-2)15-11-18)23(27)22(31-24)7-3-5-21-6-4-16-30-21/h3-16H,1-2H3/b5-3+,22-7+,25-24?. The summed E-state index contributed by atoms with van der Waals surface area (Å²) in [6.45, 7) is 0. The second-order valence-corrected chi connectivity index (χ2v) is 7.45. The summed E-state index contributed by atoms with van der Waals surface area (Å²) in [6.07, 6.45) is 6.97. The van der Waals surface area contributed by atoms with Crippen LogP contribution in [0.25, 0.3) is 6.08 Å². The van der Waals surface area contributed by atoms with Crippen LogP contribution in [0.1, 0.15) is 5.76 Å². The highest BCUT2D eigenvalue weighted by Gasteiger charge is 2.34. The largest absolute Gasteiger partial charge is 0.497 e. The van der Waals surface area contributed by atoms with Crippen LogP contribution in [-0.4, -0.2) is 25.3 Å². The number of ether oxygens (including phenoxy) is 2. The van der Waals surface area contributed by atoms with Crippen molar-refractivity contribution in [1.29, 1.82) is 0 Å². The van der Waals surface area contributed by atoms with E-state index >= 15 is 0 Å². The van der Waals surface area contributed by atoms with Gasteiger partial charge in [-0.3, -0.25) is 9.69 Å². The van der Waals surface area contributed by atoms with Crippen LogP contribution in [0.5, 0.6) is 11.5 Å². The summed E-state index contributed by atoms with van der Waals surface area (Å²) >= 11 is 1.32. The number of hydrogen-bond acceptors (Lipinski definition) is 6. The minimum atomic E-state index is -0.147. The van der Waals surface area contributed by atoms with Gasteiger partial charge in [0.15, 0.2) is 5.17 Å². The van der Waals surface area contributed by atoms with E-state index in [9.17, 15) is 4.79 Å². The van der Waals surface area contributed by atoms with Gasteiger partial charge in [0.2, 0.25) is 0 Å². The van der Waals surface area contributed by atoms with Gasteiger partial charge < -0.3 is 13.9 Å². The molecule has 156 valence electrons. The summed E-state index contributed by atoms with van der Waals surface area (Å²) < 4.78 is 15.7. The Morgan fingerprint density at radius 3 is 2.26 bits per heavy atom. The Bertz CT molecular complexity index is 1130. The summed E-state index contributed by atoms with van der Waals surface area (Å²) in [5, 5.41) is 0.568. The molecule has 7 heteroatoms. The number of carbonyl (C=O) groups is 1. The molecule has 0 unspecified atom stereocenters. The fourth-order valence-corrected chi connectivity index (χ4v) is 3.86. The molecule has 0 aliphatic carbocycles. The van der Waals surface area contributed by atoms with E-state index in [1.807, 2.05) is 60.7 Å². The van der Waals surface area contributed by atoms with Crippen LogP contribution in [0.3, 0.4) is 0 Å². The molecule has 4 rings (SSSR count). The first-order valence-corrected chi connectivity index (χ1v) is 10.3. The van der Waals surface area contributed by atoms with E-state index < -0.39 is 0 Å². The molecule has 0 spiro atoms. The molecule has 0 N–H and O–H groups in total. The number of methoxy groups -OCH3 is 2. The van der Waals surface area contributed by atoms with Gasteiger partial charge in [-0.15, -0.1) is 0 Å². The molecule has 2 heterocycles. The fraction of sp³-hybridized carbons (Fsp3) is 0.0833. The van der Waals surface area contributed by atoms with Crippen LogP contribution in [0, 0.1) is 0 Å². The molecule has 1 saturated heterocycles. The van der Waals surface area contributed by atoms with Crippen LogP contribution in [0.15, 0.2) is 93.4 Å². The van der Waals surface area contributed by atoms with E-state index in [0.29, 0.717) is 27.3 Å². The third-order valence-corrected chi connectivity index (χ3v) is 5.47. The van der Waals surface area contributed by atoms with Crippen molar-refractivity contribution in [2.45, 2.75) is 0 Å². The van der Waals surface area contributed by atoms with Gasteiger partial charge in [0.25, 0.3) is 5.91 Å². The first kappa shape index (κ1) is 20.6. The summed E-state index contributed by atoms with van der Waals surface area (Å²) in [6, 6.07) is 18.3. The highest BCUT2D eigenvalue weighted by atomic mass is 32.2. The third kappa shape index (κ3) is 4.73. The van der Waals surface area contributed by atoms with Crippen molar-refractivity contribution >= 4 is 40.3 Å². The number of aliphatic imine (C=N–C) groups is 1. The Morgan fingerprint density at radius 1 is 0.968 bits per heavy atom. The summed E-state index contributed by atoms with van der Waals surface area (Å²) in [5.41, 5.74) is 1.44. The average Bonchev–Trinajstić information content (AvgIpc) is 3.43. The number of amidine groups is 1. The SMILES string of the molecule is COc1ccc(N=C2S/C(=C/C=C/c3ccco3)C(=O)N2c2ccc(OC)cc2)cc1. The number of hydrogen-bond donors (Lipinski definition) is 0. The number of thioether (sulfide) groups is 1. The molecule has 0 radical (unpaired) electrons. The zero-order valence-corrected chi connectivity index (χ0v) is 17.8. The second-order valence-electron chi connectivity index (χ2n) is 6.44. The van der Waals surface area contributed by atoms with Crippen LogP contribution < -0.4 is 14.4 Å². The molecular weight excluding hydrogens is 412 g/mol. The lowest BCUT2D eigenvalue weighted by Crippen LogP contribution is -2.28. The van der Waals surface area contributed by atoms with Gasteiger partial charge in [-0.25, -0.2) is 4.99 Å². The lowest BCUT2D eigenvalue weighted by Gasteiger charge is -2.16. The van der Waals surface area contributed by atoms with Gasteiger partial charge in [-0.05, 0) is 84.6 Å². The molecule has 0 saturated carbocycles. The van der Waals surface area contributed by atoms with E-state index in [2.05, 4.69) is 0 Å². The maximum absolute atomic E-state index is 13.2. The number of furan rings is 1. The number of carbonyl (C=O) groups excluding carboxylic acids is 1. The monoisotopic (exact) mass is 432 g/mol. The first-order chi connectivity index (χ1) is 15.2. The molecule has 31 heavy (non-hydrogen) atoms. The van der Waals surface area contributed by atoms with E-state index in [0.717, 1.165) is 11.4 Å². The van der Waals surface area contributed by atoms with E-state index in [1.165, 1.54) is 11.8 Å². The third-order valence-electron chi connectivity index (χ3n) is 4.49. The number of allylic oxidation sites excluding steroid dienone is 2. The highest BCUT2D eigenvalue weighted by molar-refractivity contribution is 8.19. The maximum atomic E-state index is 13.2. The van der Waals surface area contributed by atoms with Gasteiger partial charge in [-0.2, -0.15) is 0 Å². The average molecular weight is 433 g/mol. The molecule has 0 atom stereocenters. The number of amides is 1. The number of anilines is 1. The fourth-order valence-electron chi connectivity index (χ4n) is 2.91. The Labute approximate surface area is 184 Å². The molecule has 6 nitrogen and oxygen atoms in total. The molecule has 1 aliphatic rings. The Hall–Kier alpha value is -3.71. The van der Waals surface area contributed by atoms with Crippen LogP contribution >= 0.6 is 11.8 Å². The van der Waals surface area contributed by atoms with Crippen molar-refractivity contribution in [3.63, 3.8) is 0 Å². The van der Waals surface area contributed by atoms with Crippen molar-refractivity contribution in [2.75, 3.05) is 19.1 Å². The topological polar surface area (TPSA) is 64.3 Å². The van der Waals surface area contributed by atoms with E-state index in [4.69, 9.17) is 18.9 Å². The maximum Gasteiger partial charge on any atom is 0.271 e. The Balaban J connectivity index is 1.68. The van der Waals surface area contributed by atoms with Crippen molar-refractivity contribution in [1.82, 2.24) is 0 Å². The highest BCUT2D eigenvalue weighted by Crippen LogP contribution is 2.37. The van der Waals surface area contributed by atoms with Crippen LogP contribution in [0.4, 0.5) is 11.4 Å². The van der Waals surface area contributed by atoms with E-state index in [1.54, 1.807) is 43.6 Å². The molecule has 0 bridgehead atoms. The molecule has 2 aromatic carbocycles. The normalized spacial score (nSPS) is 16.6. The zero-order valence-electron chi connectivity index (χ0n) is 17.0. The summed E-state index contributed by atoms with van der Waals surface area (Å²) in [4.78, 5) is 20.1. The summed E-state index contributed by atoms with van der Waals surface area (Å²) in [7, 11) is 3.22. The van der Waals surface area contributed by atoms with Crippen molar-refractivity contribution in [3.8, 4) is 11.5 Å². The number of rotatable bonds is 6. The molecule has 1 aromatic heterocycles. The smallest absolute Gasteiger partial charge is 0.271 e. The van der Waals surface area contributed by atoms with Crippen molar-refractivity contribution < 1.29 is 18.7 Å². The molecule has 1 fully saturated rings. The Kier molecular flexibility index (Phi) is 6.24. The van der Waals surface area contributed by atoms with Crippen molar-refractivity contribution in [2.24, 2.45) is 4.99 Å². The van der Waals surface area contributed by atoms with Crippen molar-refractivity contribution in [3.05, 3.63) is 89.7 Å². The van der Waals surface area contributed by atoms with Crippen LogP contribution in [-0.2, 0) is 4.79 Å². The molecule has 1 amide bonds. The lowest BCUT2D eigenvalue weighted by molar-refractivity contribution is -0.113. The van der Waals surface area contributed by atoms with Gasteiger partial charge in [0, 0.05) is 0 Å². The van der Waals surface area contributed by atoms with Gasteiger partial charge >= 0.3 is 0 Å². The number of benzene rings is 2. The predicted octanol–water partition coefficient (Wildman–Crippen LogP) is 5.66. The minimum absolute atomic E-state index is 0.147. The quantitative estimate of drug-likeness (QED) is 0.470. The first-order valence-electron chi connectivity index (χ1n) is 9.49. The van der Waals surface area contributed by atoms with E-state index in [-0.39, 0.29) is 5.91 Å². The second kappa shape index (κ2) is 9.40. The zero-order chi connectivity index (χ0) is 21.6. The lowest BCUT2D eigenvalue weighted by atomic mass is 10.2. The Morgan fingerprint density at radius 2 is 1.65 bits per heavy atom.